The van der Waals surface area contributed by atoms with Gasteiger partial charge in [-0.1, -0.05) is 60.7 Å². The number of carbonyl (C=O) groups is 2. The van der Waals surface area contributed by atoms with E-state index in [9.17, 15) is 14.7 Å². The van der Waals surface area contributed by atoms with Crippen LogP contribution in [-0.4, -0.2) is 34.1 Å². The van der Waals surface area contributed by atoms with Gasteiger partial charge >= 0.3 is 0 Å². The lowest BCUT2D eigenvalue weighted by atomic mass is 10.0. The molecular weight excluding hydrogens is 358 g/mol. The topological polar surface area (TPSA) is 118 Å². The lowest BCUT2D eigenvalue weighted by molar-refractivity contribution is -0.127. The minimum Gasteiger partial charge on any atom is -0.435 e. The molecule has 2 aromatic carbocycles. The first-order chi connectivity index (χ1) is 13.5. The largest absolute Gasteiger partial charge is 0.435 e. The number of hydrogen-bond donors (Lipinski definition) is 3. The number of nitrogens with one attached hydrogen (secondary N) is 1. The highest BCUT2D eigenvalue weighted by molar-refractivity contribution is 5.97. The molecule has 7 heteroatoms. The third kappa shape index (κ3) is 4.44. The zero-order chi connectivity index (χ0) is 20.1. The predicted molar refractivity (Wildman–Crippen MR) is 103 cm³/mol. The van der Waals surface area contributed by atoms with Gasteiger partial charge in [0.2, 0.25) is 11.7 Å². The van der Waals surface area contributed by atoms with Crippen LogP contribution in [0.4, 0.5) is 0 Å². The summed E-state index contributed by atoms with van der Waals surface area (Å²) in [6.07, 6.45) is -1.32. The highest BCUT2D eigenvalue weighted by Crippen LogP contribution is 2.24. The monoisotopic (exact) mass is 379 g/mol. The van der Waals surface area contributed by atoms with Gasteiger partial charge in [0.25, 0.3) is 5.91 Å². The van der Waals surface area contributed by atoms with Crippen LogP contribution in [0.5, 0.6) is 0 Å². The number of rotatable bonds is 7. The Bertz CT molecular complexity index is 954. The van der Waals surface area contributed by atoms with Crippen molar-refractivity contribution in [3.8, 4) is 11.3 Å². The van der Waals surface area contributed by atoms with Gasteiger partial charge in [-0.15, -0.1) is 0 Å². The fourth-order valence-corrected chi connectivity index (χ4v) is 2.91. The summed E-state index contributed by atoms with van der Waals surface area (Å²) in [6, 6.07) is 17.4. The average molecular weight is 379 g/mol. The Morgan fingerprint density at radius 1 is 1.11 bits per heavy atom. The number of nitrogens with two attached hydrogens (primary N) is 1. The minimum absolute atomic E-state index is 0.0124. The number of aliphatic hydroxyl groups is 1. The molecule has 1 heterocycles. The van der Waals surface area contributed by atoms with Gasteiger partial charge in [-0.05, 0) is 12.0 Å². The second kappa shape index (κ2) is 8.49. The number of aromatic nitrogens is 1. The lowest BCUT2D eigenvalue weighted by Gasteiger charge is -2.22. The van der Waals surface area contributed by atoms with E-state index in [-0.39, 0.29) is 12.2 Å². The normalized spacial score (nSPS) is 12.9. The van der Waals surface area contributed by atoms with E-state index in [1.54, 1.807) is 6.92 Å². The van der Waals surface area contributed by atoms with Crippen LogP contribution in [0, 0.1) is 6.92 Å². The van der Waals surface area contributed by atoms with Crippen molar-refractivity contribution in [1.82, 2.24) is 10.3 Å². The van der Waals surface area contributed by atoms with Crippen LogP contribution in [0.15, 0.2) is 65.1 Å². The number of amides is 2. The number of benzene rings is 2. The van der Waals surface area contributed by atoms with E-state index in [0.717, 1.165) is 11.1 Å². The van der Waals surface area contributed by atoms with Crippen LogP contribution in [0.1, 0.15) is 22.0 Å². The highest BCUT2D eigenvalue weighted by Gasteiger charge is 2.29. The number of carbonyl (C=O) groups excluding carboxylic acids is 2. The standard InChI is InChI=1S/C21H21N3O4/c1-13-23-17(15-10-6-3-7-11-15)19(28-13)21(27)24-16(18(25)20(22)26)12-14-8-4-2-5-9-14/h2-11,16,18,25H,12H2,1H3,(H2,22,26)(H,24,27)/t16-,18?/m0/s1. The Morgan fingerprint density at radius 2 is 1.71 bits per heavy atom. The molecule has 0 aliphatic carbocycles. The van der Waals surface area contributed by atoms with Crippen LogP contribution < -0.4 is 11.1 Å². The van der Waals surface area contributed by atoms with E-state index < -0.39 is 24.0 Å². The number of oxazole rings is 1. The molecule has 0 saturated carbocycles. The summed E-state index contributed by atoms with van der Waals surface area (Å²) in [5.74, 6) is -1.16. The van der Waals surface area contributed by atoms with Crippen molar-refractivity contribution < 1.29 is 19.1 Å². The van der Waals surface area contributed by atoms with Crippen molar-refractivity contribution >= 4 is 11.8 Å². The molecule has 7 nitrogen and oxygen atoms in total. The molecule has 3 aromatic rings. The summed E-state index contributed by atoms with van der Waals surface area (Å²) < 4.78 is 5.50. The molecule has 0 bridgehead atoms. The van der Waals surface area contributed by atoms with Crippen molar-refractivity contribution in [1.29, 1.82) is 0 Å². The molecule has 0 aliphatic rings. The summed E-state index contributed by atoms with van der Waals surface area (Å²) in [4.78, 5) is 28.7. The first-order valence-electron chi connectivity index (χ1n) is 8.80. The van der Waals surface area contributed by atoms with Crippen LogP contribution >= 0.6 is 0 Å². The van der Waals surface area contributed by atoms with Crippen molar-refractivity contribution in [2.45, 2.75) is 25.5 Å². The predicted octanol–water partition coefficient (Wildman–Crippen LogP) is 1.84. The van der Waals surface area contributed by atoms with Gasteiger partial charge in [0.15, 0.2) is 12.0 Å². The van der Waals surface area contributed by atoms with Crippen LogP contribution in [0.25, 0.3) is 11.3 Å². The molecule has 2 amide bonds. The maximum atomic E-state index is 12.9. The molecule has 0 aliphatic heterocycles. The number of aliphatic hydroxyl groups excluding tert-OH is 1. The Kier molecular flexibility index (Phi) is 5.86. The summed E-state index contributed by atoms with van der Waals surface area (Å²) in [7, 11) is 0. The van der Waals surface area contributed by atoms with Crippen molar-refractivity contribution in [2.75, 3.05) is 0 Å². The van der Waals surface area contributed by atoms with Crippen LogP contribution in [-0.2, 0) is 11.2 Å². The summed E-state index contributed by atoms with van der Waals surface area (Å²) in [6.45, 7) is 1.64. The smallest absolute Gasteiger partial charge is 0.289 e. The van der Waals surface area contributed by atoms with Crippen molar-refractivity contribution in [3.05, 3.63) is 77.9 Å². The number of nitrogens with zero attached hydrogens (tertiary/aromatic N) is 1. The molecule has 4 N–H and O–H groups in total. The van der Waals surface area contributed by atoms with Gasteiger partial charge in [0, 0.05) is 12.5 Å². The summed E-state index contributed by atoms with van der Waals surface area (Å²) in [5, 5.41) is 12.9. The molecule has 0 fully saturated rings. The maximum absolute atomic E-state index is 12.9. The molecule has 1 aromatic heterocycles. The molecule has 2 atom stereocenters. The third-order valence-corrected chi connectivity index (χ3v) is 4.28. The van der Waals surface area contributed by atoms with Gasteiger partial charge in [-0.25, -0.2) is 4.98 Å². The third-order valence-electron chi connectivity index (χ3n) is 4.28. The molecule has 0 saturated heterocycles. The molecule has 28 heavy (non-hydrogen) atoms. The van der Waals surface area contributed by atoms with E-state index in [1.807, 2.05) is 60.7 Å². The molecular formula is C21H21N3O4. The second-order valence-electron chi connectivity index (χ2n) is 6.39. The number of aryl methyl sites for hydroxylation is 1. The SMILES string of the molecule is Cc1nc(-c2ccccc2)c(C(=O)N[C@@H](Cc2ccccc2)C(O)C(N)=O)o1. The van der Waals surface area contributed by atoms with E-state index in [2.05, 4.69) is 10.3 Å². The first-order valence-corrected chi connectivity index (χ1v) is 8.80. The number of primary amides is 1. The second-order valence-corrected chi connectivity index (χ2v) is 6.39. The zero-order valence-corrected chi connectivity index (χ0v) is 15.3. The Balaban J connectivity index is 1.87. The molecule has 0 spiro atoms. The molecule has 1 unspecified atom stereocenters. The van der Waals surface area contributed by atoms with Crippen LogP contribution in [0.2, 0.25) is 0 Å². The lowest BCUT2D eigenvalue weighted by Crippen LogP contribution is -2.50. The Labute approximate surface area is 162 Å². The van der Waals surface area contributed by atoms with E-state index in [0.29, 0.717) is 11.6 Å². The summed E-state index contributed by atoms with van der Waals surface area (Å²) in [5.41, 5.74) is 7.21. The summed E-state index contributed by atoms with van der Waals surface area (Å²) >= 11 is 0. The number of hydrogen-bond acceptors (Lipinski definition) is 5. The van der Waals surface area contributed by atoms with E-state index >= 15 is 0 Å². The van der Waals surface area contributed by atoms with E-state index in [4.69, 9.17) is 10.2 Å². The molecule has 3 rings (SSSR count). The fourth-order valence-electron chi connectivity index (χ4n) is 2.91. The van der Waals surface area contributed by atoms with Crippen LogP contribution in [0.3, 0.4) is 0 Å². The highest BCUT2D eigenvalue weighted by atomic mass is 16.4. The molecule has 0 radical (unpaired) electrons. The van der Waals surface area contributed by atoms with Crippen molar-refractivity contribution in [2.24, 2.45) is 5.73 Å². The van der Waals surface area contributed by atoms with Gasteiger partial charge < -0.3 is 20.6 Å². The van der Waals surface area contributed by atoms with Gasteiger partial charge in [-0.3, -0.25) is 9.59 Å². The quantitative estimate of drug-likeness (QED) is 0.579. The van der Waals surface area contributed by atoms with Crippen molar-refractivity contribution in [3.63, 3.8) is 0 Å². The maximum Gasteiger partial charge on any atom is 0.289 e. The van der Waals surface area contributed by atoms with Gasteiger partial charge in [-0.2, -0.15) is 0 Å². The molecule has 144 valence electrons. The zero-order valence-electron chi connectivity index (χ0n) is 15.3. The average Bonchev–Trinajstić information content (AvgIpc) is 3.10. The Morgan fingerprint density at radius 3 is 2.32 bits per heavy atom. The van der Waals surface area contributed by atoms with Gasteiger partial charge in [0.1, 0.15) is 5.69 Å². The van der Waals surface area contributed by atoms with E-state index in [1.165, 1.54) is 0 Å². The minimum atomic E-state index is -1.55. The fraction of sp³-hybridized carbons (Fsp3) is 0.190. The first kappa shape index (κ1) is 19.3. The Hall–Kier alpha value is -3.45. The van der Waals surface area contributed by atoms with Gasteiger partial charge in [0.05, 0.1) is 6.04 Å².